The number of rotatable bonds is 5. The molecule has 0 aliphatic rings. The second-order valence-electron chi connectivity index (χ2n) is 3.65. The molecule has 1 aromatic carbocycles. The zero-order chi connectivity index (χ0) is 13.7. The molecule has 3 nitrogen and oxygen atoms in total. The molecule has 0 aromatic heterocycles. The maximum Gasteiger partial charge on any atom is 0.234 e. The second kappa shape index (κ2) is 7.89. The molecule has 0 heterocycles. The summed E-state index contributed by atoms with van der Waals surface area (Å²) < 4.78 is 2.59. The first kappa shape index (κ1) is 16.5. The number of thioether (sulfide) groups is 1. The first-order valence-corrected chi connectivity index (χ1v) is 8.63. The fourth-order valence-electron chi connectivity index (χ4n) is 1.12. The zero-order valence-corrected chi connectivity index (χ0v) is 15.2. The average molecular weight is 461 g/mol. The molecule has 3 N–H and O–H groups in total. The number of benzene rings is 1. The highest BCUT2D eigenvalue weighted by Crippen LogP contribution is 2.34. The van der Waals surface area contributed by atoms with Gasteiger partial charge in [-0.2, -0.15) is 0 Å². The molecule has 1 unspecified atom stereocenters. The van der Waals surface area contributed by atoms with Crippen molar-refractivity contribution < 1.29 is 4.79 Å². The Kier molecular flexibility index (Phi) is 7.23. The summed E-state index contributed by atoms with van der Waals surface area (Å²) in [5.74, 6) is 0.358. The van der Waals surface area contributed by atoms with Crippen LogP contribution in [0.1, 0.15) is 6.92 Å². The third-order valence-electron chi connectivity index (χ3n) is 2.10. The molecule has 0 bridgehead atoms. The molecule has 1 aromatic rings. The Bertz CT molecular complexity index is 419. The molecule has 7 heteroatoms. The first-order valence-electron chi connectivity index (χ1n) is 5.20. The van der Waals surface area contributed by atoms with E-state index in [1.54, 1.807) is 11.8 Å². The van der Waals surface area contributed by atoms with E-state index in [0.29, 0.717) is 12.3 Å². The van der Waals surface area contributed by atoms with Crippen LogP contribution in [0, 0.1) is 0 Å². The van der Waals surface area contributed by atoms with Crippen molar-refractivity contribution in [2.75, 3.05) is 17.6 Å². The normalized spacial score (nSPS) is 12.3. The van der Waals surface area contributed by atoms with Gasteiger partial charge in [0.25, 0.3) is 0 Å². The number of amides is 1. The fraction of sp³-hybridized carbons (Fsp3) is 0.364. The highest BCUT2D eigenvalue weighted by Gasteiger charge is 2.11. The minimum absolute atomic E-state index is 0.0379. The van der Waals surface area contributed by atoms with Crippen molar-refractivity contribution in [2.24, 2.45) is 5.73 Å². The number of hydrogen-bond acceptors (Lipinski definition) is 3. The van der Waals surface area contributed by atoms with Crippen LogP contribution in [0.3, 0.4) is 0 Å². The van der Waals surface area contributed by atoms with Crippen molar-refractivity contribution in [1.29, 1.82) is 0 Å². The van der Waals surface area contributed by atoms with Gasteiger partial charge in [0, 0.05) is 25.2 Å². The van der Waals surface area contributed by atoms with Gasteiger partial charge in [-0.1, -0.05) is 22.9 Å². The lowest BCUT2D eigenvalue weighted by Gasteiger charge is -2.11. The zero-order valence-electron chi connectivity index (χ0n) is 9.67. The van der Waals surface area contributed by atoms with Gasteiger partial charge < -0.3 is 11.1 Å². The highest BCUT2D eigenvalue weighted by molar-refractivity contribution is 9.11. The maximum absolute atomic E-state index is 11.8. The third-order valence-corrected chi connectivity index (χ3v) is 5.00. The van der Waals surface area contributed by atoms with Crippen LogP contribution in [-0.4, -0.2) is 23.5 Å². The summed E-state index contributed by atoms with van der Waals surface area (Å²) in [5.41, 5.74) is 6.24. The van der Waals surface area contributed by atoms with Gasteiger partial charge in [0.1, 0.15) is 0 Å². The lowest BCUT2D eigenvalue weighted by Crippen LogP contribution is -2.19. The van der Waals surface area contributed by atoms with Crippen molar-refractivity contribution >= 4 is 71.1 Å². The molecule has 100 valence electrons. The minimum atomic E-state index is -0.0379. The fourth-order valence-corrected chi connectivity index (χ4v) is 4.22. The third kappa shape index (κ3) is 5.21. The Hall–Kier alpha value is 0.440. The van der Waals surface area contributed by atoms with Crippen molar-refractivity contribution in [3.63, 3.8) is 0 Å². The molecule has 1 atom stereocenters. The summed E-state index contributed by atoms with van der Waals surface area (Å²) >= 11 is 11.8. The van der Waals surface area contributed by atoms with Gasteiger partial charge in [0.05, 0.1) is 11.4 Å². The molecule has 0 aliphatic carbocycles. The van der Waals surface area contributed by atoms with Gasteiger partial charge in [-0.25, -0.2) is 0 Å². The van der Waals surface area contributed by atoms with Gasteiger partial charge in [0.15, 0.2) is 0 Å². The first-order chi connectivity index (χ1) is 8.43. The Labute approximate surface area is 136 Å². The number of hydrogen-bond donors (Lipinski definition) is 2. The number of carbonyl (C=O) groups excluding carboxylic acids is 1. The van der Waals surface area contributed by atoms with E-state index >= 15 is 0 Å². The van der Waals surface area contributed by atoms with Crippen LogP contribution in [0.15, 0.2) is 25.6 Å². The van der Waals surface area contributed by atoms with Gasteiger partial charge in [-0.3, -0.25) is 4.79 Å². The summed E-state index contributed by atoms with van der Waals surface area (Å²) in [5, 5.41) is 3.15. The van der Waals surface area contributed by atoms with Gasteiger partial charge in [-0.15, -0.1) is 11.8 Å². The van der Waals surface area contributed by atoms with Crippen LogP contribution in [0.5, 0.6) is 0 Å². The van der Waals surface area contributed by atoms with Crippen LogP contribution in [0.2, 0.25) is 0 Å². The second-order valence-corrected chi connectivity index (χ2v) is 7.70. The molecular formula is C11H13Br3N2OS. The molecule has 1 rings (SSSR count). The van der Waals surface area contributed by atoms with Crippen LogP contribution >= 0.6 is 59.6 Å². The van der Waals surface area contributed by atoms with E-state index < -0.39 is 0 Å². The summed E-state index contributed by atoms with van der Waals surface area (Å²) in [6.07, 6.45) is 0. The average Bonchev–Trinajstić information content (AvgIpc) is 2.30. The predicted octanol–water partition coefficient (Wildman–Crippen LogP) is 3.99. The quantitative estimate of drug-likeness (QED) is 0.698. The van der Waals surface area contributed by atoms with Crippen LogP contribution < -0.4 is 11.1 Å². The SMILES string of the molecule is CC(CN)SCC(=O)Nc1c(Br)cc(Br)cc1Br. The molecule has 0 saturated carbocycles. The van der Waals surface area contributed by atoms with Crippen LogP contribution in [0.4, 0.5) is 5.69 Å². The molecule has 1 amide bonds. The highest BCUT2D eigenvalue weighted by atomic mass is 79.9. The maximum atomic E-state index is 11.8. The smallest absolute Gasteiger partial charge is 0.234 e. The van der Waals surface area contributed by atoms with Crippen LogP contribution in [0.25, 0.3) is 0 Å². The minimum Gasteiger partial charge on any atom is -0.329 e. The molecule has 0 spiro atoms. The monoisotopic (exact) mass is 458 g/mol. The van der Waals surface area contributed by atoms with Crippen molar-refractivity contribution in [2.45, 2.75) is 12.2 Å². The molecule has 0 saturated heterocycles. The van der Waals surface area contributed by atoms with E-state index in [1.165, 1.54) is 0 Å². The van der Waals surface area contributed by atoms with E-state index in [9.17, 15) is 4.79 Å². The van der Waals surface area contributed by atoms with Gasteiger partial charge in [-0.05, 0) is 44.0 Å². The molecule has 0 fully saturated rings. The summed E-state index contributed by atoms with van der Waals surface area (Å²) in [4.78, 5) is 11.8. The van der Waals surface area contributed by atoms with E-state index in [2.05, 4.69) is 53.1 Å². The van der Waals surface area contributed by atoms with Gasteiger partial charge >= 0.3 is 0 Å². The standard InChI is InChI=1S/C11H13Br3N2OS/c1-6(4-15)18-5-10(17)16-11-8(13)2-7(12)3-9(11)14/h2-3,6H,4-5,15H2,1H3,(H,16,17). The molecular weight excluding hydrogens is 448 g/mol. The largest absolute Gasteiger partial charge is 0.329 e. The Balaban J connectivity index is 2.65. The Morgan fingerprint density at radius 3 is 2.44 bits per heavy atom. The predicted molar refractivity (Wildman–Crippen MR) is 89.1 cm³/mol. The van der Waals surface area contributed by atoms with E-state index in [-0.39, 0.29) is 11.2 Å². The Morgan fingerprint density at radius 2 is 1.94 bits per heavy atom. The lowest BCUT2D eigenvalue weighted by molar-refractivity contribution is -0.113. The number of carbonyl (C=O) groups is 1. The number of anilines is 1. The molecule has 0 radical (unpaired) electrons. The molecule has 0 aliphatic heterocycles. The van der Waals surface area contributed by atoms with Crippen molar-refractivity contribution in [3.05, 3.63) is 25.6 Å². The van der Waals surface area contributed by atoms with E-state index in [0.717, 1.165) is 19.1 Å². The van der Waals surface area contributed by atoms with Crippen molar-refractivity contribution in [3.8, 4) is 0 Å². The summed E-state index contributed by atoms with van der Waals surface area (Å²) in [6, 6.07) is 3.77. The topological polar surface area (TPSA) is 55.1 Å². The van der Waals surface area contributed by atoms with Crippen molar-refractivity contribution in [1.82, 2.24) is 0 Å². The van der Waals surface area contributed by atoms with Gasteiger partial charge in [0.2, 0.25) is 5.91 Å². The van der Waals surface area contributed by atoms with E-state index in [1.807, 2.05) is 19.1 Å². The summed E-state index contributed by atoms with van der Waals surface area (Å²) in [6.45, 7) is 2.58. The van der Waals surface area contributed by atoms with Crippen LogP contribution in [-0.2, 0) is 4.79 Å². The number of nitrogens with two attached hydrogens (primary N) is 1. The molecule has 18 heavy (non-hydrogen) atoms. The Morgan fingerprint density at radius 1 is 1.39 bits per heavy atom. The lowest BCUT2D eigenvalue weighted by atomic mass is 10.3. The van der Waals surface area contributed by atoms with E-state index in [4.69, 9.17) is 5.73 Å². The number of nitrogens with one attached hydrogen (secondary N) is 1. The summed E-state index contributed by atoms with van der Waals surface area (Å²) in [7, 11) is 0. The number of halogens is 3.